The van der Waals surface area contributed by atoms with Gasteiger partial charge in [0, 0.05) is 35.6 Å². The Labute approximate surface area is 217 Å². The van der Waals surface area contributed by atoms with Crippen LogP contribution < -0.4 is 21.7 Å². The molecule has 0 radical (unpaired) electrons. The maximum Gasteiger partial charge on any atom is 0.339 e. The van der Waals surface area contributed by atoms with Crippen LogP contribution in [0.2, 0.25) is 0 Å². The third kappa shape index (κ3) is 8.25. The Morgan fingerprint density at radius 3 is 2.54 bits per heavy atom. The zero-order valence-electron chi connectivity index (χ0n) is 21.0. The number of amides is 3. The molecule has 0 saturated carbocycles. The van der Waals surface area contributed by atoms with Crippen LogP contribution in [-0.2, 0) is 34.4 Å². The number of nitrogens with two attached hydrogens (primary N) is 1. The van der Waals surface area contributed by atoms with E-state index in [0.717, 1.165) is 6.07 Å². The van der Waals surface area contributed by atoms with Crippen molar-refractivity contribution in [1.82, 2.24) is 16.0 Å². The number of rotatable bonds is 6. The number of aromatic hydroxyl groups is 2. The highest BCUT2D eigenvalue weighted by atomic mass is 32.2. The van der Waals surface area contributed by atoms with Crippen LogP contribution in [-0.4, -0.2) is 83.0 Å². The van der Waals surface area contributed by atoms with E-state index >= 15 is 0 Å². The average Bonchev–Trinajstić information content (AvgIpc) is 2.81. The van der Waals surface area contributed by atoms with Crippen LogP contribution in [0, 0.1) is 6.92 Å². The molecule has 1 aliphatic heterocycles. The Balaban J connectivity index is 2.36. The standard InChI is InChI=1S/C23H32N4O9S/c1-10-17(29)5-18(30)15-9-37-8-14(6-35-13(4)28)26-22(33)16(7-36-23(34)19(10)15)27-21(32)12(3)25-20(31)11(2)24/h5,11-12,14,16,29-30H,6-9,24H2,1-4H3,(H,25,31)(H,26,33)(H,27,32)/t11-,12-,14+,16-/m0/s1. The maximum atomic E-state index is 13.0. The minimum Gasteiger partial charge on any atom is -0.508 e. The highest BCUT2D eigenvalue weighted by molar-refractivity contribution is 7.98. The summed E-state index contributed by atoms with van der Waals surface area (Å²) in [4.78, 5) is 61.8. The van der Waals surface area contributed by atoms with Gasteiger partial charge in [-0.25, -0.2) is 4.79 Å². The lowest BCUT2D eigenvalue weighted by Crippen LogP contribution is -2.57. The van der Waals surface area contributed by atoms with Crippen LogP contribution in [0.3, 0.4) is 0 Å². The molecule has 13 nitrogen and oxygen atoms in total. The first-order valence-corrected chi connectivity index (χ1v) is 12.6. The Morgan fingerprint density at radius 2 is 1.92 bits per heavy atom. The van der Waals surface area contributed by atoms with E-state index in [4.69, 9.17) is 15.2 Å². The van der Waals surface area contributed by atoms with Gasteiger partial charge in [-0.2, -0.15) is 11.8 Å². The zero-order valence-corrected chi connectivity index (χ0v) is 21.8. The van der Waals surface area contributed by atoms with E-state index in [-0.39, 0.29) is 46.3 Å². The fourth-order valence-corrected chi connectivity index (χ4v) is 4.38. The quantitative estimate of drug-likeness (QED) is 0.246. The van der Waals surface area contributed by atoms with Gasteiger partial charge in [0.05, 0.1) is 17.6 Å². The lowest BCUT2D eigenvalue weighted by Gasteiger charge is -2.26. The molecule has 14 heteroatoms. The van der Waals surface area contributed by atoms with Gasteiger partial charge in [0.2, 0.25) is 17.7 Å². The number of thioether (sulfide) groups is 1. The summed E-state index contributed by atoms with van der Waals surface area (Å²) in [6.45, 7) is 4.75. The first kappa shape index (κ1) is 29.7. The van der Waals surface area contributed by atoms with Gasteiger partial charge in [0.25, 0.3) is 0 Å². The highest BCUT2D eigenvalue weighted by Crippen LogP contribution is 2.35. The molecule has 204 valence electrons. The van der Waals surface area contributed by atoms with Crippen molar-refractivity contribution in [2.75, 3.05) is 19.0 Å². The van der Waals surface area contributed by atoms with Crippen molar-refractivity contribution in [2.45, 2.75) is 57.6 Å². The van der Waals surface area contributed by atoms with Crippen LogP contribution in [0.1, 0.15) is 42.3 Å². The largest absolute Gasteiger partial charge is 0.508 e. The van der Waals surface area contributed by atoms with Gasteiger partial charge in [0.15, 0.2) is 0 Å². The SMILES string of the molecule is CC(=O)OC[C@@H]1CSCc2c(O)cc(O)c(C)c2C(=O)OC[C@H](NC(=O)[C@H](C)NC(=O)[C@H](C)N)C(=O)N1. The van der Waals surface area contributed by atoms with Gasteiger partial charge in [-0.05, 0) is 20.8 Å². The lowest BCUT2D eigenvalue weighted by atomic mass is 10.0. The van der Waals surface area contributed by atoms with Crippen molar-refractivity contribution in [3.05, 3.63) is 22.8 Å². The molecule has 0 saturated heterocycles. The number of fused-ring (bicyclic) bond motifs is 1. The number of nitrogens with one attached hydrogen (secondary N) is 3. The second kappa shape index (κ2) is 13.1. The van der Waals surface area contributed by atoms with Crippen LogP contribution in [0.4, 0.5) is 0 Å². The van der Waals surface area contributed by atoms with Crippen LogP contribution >= 0.6 is 11.8 Å². The van der Waals surface area contributed by atoms with Gasteiger partial charge >= 0.3 is 11.9 Å². The van der Waals surface area contributed by atoms with Crippen molar-refractivity contribution in [1.29, 1.82) is 0 Å². The van der Waals surface area contributed by atoms with Crippen molar-refractivity contribution in [3.8, 4) is 11.5 Å². The van der Waals surface area contributed by atoms with E-state index in [9.17, 15) is 34.2 Å². The molecule has 37 heavy (non-hydrogen) atoms. The van der Waals surface area contributed by atoms with Gasteiger partial charge in [-0.15, -0.1) is 0 Å². The summed E-state index contributed by atoms with van der Waals surface area (Å²) >= 11 is 1.23. The van der Waals surface area contributed by atoms with Crippen LogP contribution in [0.25, 0.3) is 0 Å². The highest BCUT2D eigenvalue weighted by Gasteiger charge is 2.30. The van der Waals surface area contributed by atoms with E-state index in [1.165, 1.54) is 39.5 Å². The predicted octanol–water partition coefficient (Wildman–Crippen LogP) is -0.806. The van der Waals surface area contributed by atoms with Gasteiger partial charge < -0.3 is 41.4 Å². The van der Waals surface area contributed by atoms with E-state index < -0.39 is 60.4 Å². The molecule has 0 aromatic heterocycles. The molecule has 1 aromatic rings. The Morgan fingerprint density at radius 1 is 1.24 bits per heavy atom. The summed E-state index contributed by atoms with van der Waals surface area (Å²) in [6.07, 6.45) is 0. The number of hydrogen-bond acceptors (Lipinski definition) is 11. The first-order valence-electron chi connectivity index (χ1n) is 11.4. The maximum absolute atomic E-state index is 13.0. The molecule has 1 heterocycles. The molecule has 3 amide bonds. The topological polar surface area (TPSA) is 206 Å². The predicted molar refractivity (Wildman–Crippen MR) is 133 cm³/mol. The smallest absolute Gasteiger partial charge is 0.339 e. The molecular formula is C23H32N4O9S. The summed E-state index contributed by atoms with van der Waals surface area (Å²) in [7, 11) is 0. The molecule has 0 bridgehead atoms. The van der Waals surface area contributed by atoms with Crippen molar-refractivity contribution >= 4 is 41.4 Å². The molecule has 1 aliphatic rings. The summed E-state index contributed by atoms with van der Waals surface area (Å²) in [5, 5.41) is 28.0. The van der Waals surface area contributed by atoms with Crippen molar-refractivity contribution in [3.63, 3.8) is 0 Å². The number of hydrogen-bond donors (Lipinski definition) is 6. The average molecular weight is 541 g/mol. The molecule has 2 rings (SSSR count). The Kier molecular flexibility index (Phi) is 10.6. The monoisotopic (exact) mass is 540 g/mol. The second-order valence-corrected chi connectivity index (χ2v) is 9.63. The van der Waals surface area contributed by atoms with E-state index in [1.807, 2.05) is 0 Å². The fraction of sp³-hybridized carbons (Fsp3) is 0.522. The molecule has 7 N–H and O–H groups in total. The molecule has 1 aromatic carbocycles. The Bertz CT molecular complexity index is 1060. The van der Waals surface area contributed by atoms with Gasteiger partial charge in [0.1, 0.15) is 36.8 Å². The van der Waals surface area contributed by atoms with E-state index in [0.29, 0.717) is 0 Å². The summed E-state index contributed by atoms with van der Waals surface area (Å²) in [5.41, 5.74) is 5.83. The zero-order chi connectivity index (χ0) is 27.9. The molecule has 0 aliphatic carbocycles. The number of phenolic OH excluding ortho intramolecular Hbond substituents is 2. The molecule has 0 spiro atoms. The van der Waals surface area contributed by atoms with Crippen LogP contribution in [0.5, 0.6) is 11.5 Å². The van der Waals surface area contributed by atoms with Crippen molar-refractivity contribution < 1.29 is 43.7 Å². The molecular weight excluding hydrogens is 508 g/mol. The molecule has 4 atom stereocenters. The number of esters is 2. The molecule has 0 fully saturated rings. The van der Waals surface area contributed by atoms with E-state index in [2.05, 4.69) is 16.0 Å². The second-order valence-electron chi connectivity index (χ2n) is 8.60. The van der Waals surface area contributed by atoms with Crippen molar-refractivity contribution in [2.24, 2.45) is 5.73 Å². The first-order chi connectivity index (χ1) is 17.3. The van der Waals surface area contributed by atoms with Gasteiger partial charge in [-0.1, -0.05) is 0 Å². The fourth-order valence-electron chi connectivity index (χ4n) is 3.31. The number of cyclic esters (lactones) is 1. The lowest BCUT2D eigenvalue weighted by molar-refractivity contribution is -0.142. The minimum absolute atomic E-state index is 0.0647. The number of benzene rings is 1. The third-order valence-corrected chi connectivity index (χ3v) is 6.56. The molecule has 0 unspecified atom stereocenters. The minimum atomic E-state index is -1.38. The van der Waals surface area contributed by atoms with Crippen LogP contribution in [0.15, 0.2) is 6.07 Å². The third-order valence-electron chi connectivity index (χ3n) is 5.43. The summed E-state index contributed by atoms with van der Waals surface area (Å²) in [5.74, 6) is -3.81. The number of ether oxygens (including phenoxy) is 2. The summed E-state index contributed by atoms with van der Waals surface area (Å²) in [6, 6.07) is -2.88. The number of carbonyl (C=O) groups is 5. The number of phenols is 2. The van der Waals surface area contributed by atoms with Gasteiger partial charge in [-0.3, -0.25) is 19.2 Å². The normalized spacial score (nSPS) is 20.0. The summed E-state index contributed by atoms with van der Waals surface area (Å²) < 4.78 is 10.3. The van der Waals surface area contributed by atoms with E-state index in [1.54, 1.807) is 0 Å². The Hall–Kier alpha value is -3.52. The number of carbonyl (C=O) groups excluding carboxylic acids is 5.